The monoisotopic (exact) mass is 437 g/mol. The van der Waals surface area contributed by atoms with Crippen molar-refractivity contribution in [2.75, 3.05) is 49.6 Å². The molecule has 2 aromatic carbocycles. The summed E-state index contributed by atoms with van der Waals surface area (Å²) in [4.78, 5) is 31.8. The number of ether oxygens (including phenoxy) is 2. The van der Waals surface area contributed by atoms with Crippen LogP contribution in [0.4, 0.5) is 11.4 Å². The van der Waals surface area contributed by atoms with Gasteiger partial charge in [-0.2, -0.15) is 0 Å². The molecule has 0 N–H and O–H groups in total. The quantitative estimate of drug-likeness (QED) is 0.719. The van der Waals surface area contributed by atoms with Crippen LogP contribution in [0.5, 0.6) is 11.5 Å². The predicted octanol–water partition coefficient (Wildman–Crippen LogP) is 3.25. The molecule has 0 radical (unpaired) electrons. The van der Waals surface area contributed by atoms with Gasteiger partial charge >= 0.3 is 0 Å². The van der Waals surface area contributed by atoms with Crippen molar-refractivity contribution in [1.29, 1.82) is 0 Å². The minimum Gasteiger partial charge on any atom is -0.495 e. The van der Waals surface area contributed by atoms with Crippen LogP contribution in [0.2, 0.25) is 0 Å². The van der Waals surface area contributed by atoms with Gasteiger partial charge in [0.15, 0.2) is 5.60 Å². The summed E-state index contributed by atoms with van der Waals surface area (Å²) in [5.41, 5.74) is 1.88. The number of hydrogen-bond acceptors (Lipinski definition) is 5. The maximum atomic E-state index is 13.0. The Balaban J connectivity index is 1.39. The second kappa shape index (κ2) is 8.73. The van der Waals surface area contributed by atoms with Crippen molar-refractivity contribution >= 4 is 23.2 Å². The van der Waals surface area contributed by atoms with Gasteiger partial charge < -0.3 is 24.2 Å². The molecule has 7 nitrogen and oxygen atoms in total. The summed E-state index contributed by atoms with van der Waals surface area (Å²) in [6.07, 6.45) is 0.282. The zero-order valence-electron chi connectivity index (χ0n) is 19.3. The molecule has 2 aliphatic heterocycles. The smallest absolute Gasteiger partial charge is 0.270 e. The summed E-state index contributed by atoms with van der Waals surface area (Å²) in [7, 11) is 1.67. The number of hydrogen-bond donors (Lipinski definition) is 0. The second-order valence-corrected chi connectivity index (χ2v) is 8.83. The van der Waals surface area contributed by atoms with Gasteiger partial charge in [-0.3, -0.25) is 9.59 Å². The second-order valence-electron chi connectivity index (χ2n) is 8.83. The van der Waals surface area contributed by atoms with Crippen molar-refractivity contribution in [1.82, 2.24) is 4.90 Å². The number of fused-ring (bicyclic) bond motifs is 1. The fraction of sp³-hybridized carbons (Fsp3) is 0.440. The third kappa shape index (κ3) is 4.24. The molecule has 0 unspecified atom stereocenters. The highest BCUT2D eigenvalue weighted by molar-refractivity contribution is 6.02. The van der Waals surface area contributed by atoms with Gasteiger partial charge in [-0.25, -0.2) is 0 Å². The van der Waals surface area contributed by atoms with Crippen LogP contribution in [-0.2, 0) is 9.59 Å². The summed E-state index contributed by atoms with van der Waals surface area (Å²) in [5, 5.41) is 0. The van der Waals surface area contributed by atoms with Gasteiger partial charge in [0.2, 0.25) is 5.91 Å². The lowest BCUT2D eigenvalue weighted by Gasteiger charge is -2.40. The number of aryl methyl sites for hydroxylation is 1. The maximum Gasteiger partial charge on any atom is 0.270 e. The molecule has 170 valence electrons. The van der Waals surface area contributed by atoms with Gasteiger partial charge in [-0.05, 0) is 50.6 Å². The van der Waals surface area contributed by atoms with Crippen molar-refractivity contribution in [2.45, 2.75) is 32.8 Å². The Bertz CT molecular complexity index is 1010. The van der Waals surface area contributed by atoms with Crippen LogP contribution in [0.15, 0.2) is 42.5 Å². The highest BCUT2D eigenvalue weighted by Crippen LogP contribution is 2.38. The lowest BCUT2D eigenvalue weighted by atomic mass is 10.0. The minimum atomic E-state index is -0.953. The first-order chi connectivity index (χ1) is 15.3. The van der Waals surface area contributed by atoms with Gasteiger partial charge in [0.25, 0.3) is 5.91 Å². The molecule has 4 rings (SSSR count). The summed E-state index contributed by atoms with van der Waals surface area (Å²) in [6, 6.07) is 13.7. The summed E-state index contributed by atoms with van der Waals surface area (Å²) < 4.78 is 11.4. The Morgan fingerprint density at radius 1 is 1.06 bits per heavy atom. The molecule has 2 aliphatic rings. The van der Waals surface area contributed by atoms with E-state index in [-0.39, 0.29) is 18.2 Å². The molecule has 2 aromatic rings. The maximum absolute atomic E-state index is 13.0. The minimum absolute atomic E-state index is 0.0657. The number of piperazine rings is 1. The SMILES string of the molecule is COc1ccccc1N1CCN(C(=O)CCN2C(=O)C(C)(C)Oc3ccc(C)cc32)CC1. The summed E-state index contributed by atoms with van der Waals surface area (Å²) >= 11 is 0. The Morgan fingerprint density at radius 2 is 1.78 bits per heavy atom. The van der Waals surface area contributed by atoms with Crippen LogP contribution in [0.25, 0.3) is 0 Å². The zero-order valence-corrected chi connectivity index (χ0v) is 19.3. The Hall–Kier alpha value is -3.22. The molecule has 0 aliphatic carbocycles. The number of nitrogens with zero attached hydrogens (tertiary/aromatic N) is 3. The van der Waals surface area contributed by atoms with Crippen molar-refractivity contribution < 1.29 is 19.1 Å². The van der Waals surface area contributed by atoms with Crippen LogP contribution >= 0.6 is 0 Å². The largest absolute Gasteiger partial charge is 0.495 e. The van der Waals surface area contributed by atoms with Crippen LogP contribution < -0.4 is 19.3 Å². The van der Waals surface area contributed by atoms with Crippen LogP contribution in [-0.4, -0.2) is 62.1 Å². The van der Waals surface area contributed by atoms with E-state index in [2.05, 4.69) is 4.90 Å². The fourth-order valence-corrected chi connectivity index (χ4v) is 4.35. The number of para-hydroxylation sites is 2. The van der Waals surface area contributed by atoms with Gasteiger partial charge in [-0.15, -0.1) is 0 Å². The van der Waals surface area contributed by atoms with Gasteiger partial charge in [0.05, 0.1) is 18.5 Å². The molecular weight excluding hydrogens is 406 g/mol. The standard InChI is InChI=1S/C25H31N3O4/c1-18-9-10-22-20(17-18)28(24(30)25(2,3)32-22)12-11-23(29)27-15-13-26(14-16-27)19-7-5-6-8-21(19)31-4/h5-10,17H,11-16H2,1-4H3. The van der Waals surface area contributed by atoms with Crippen molar-refractivity contribution in [3.05, 3.63) is 48.0 Å². The number of carbonyl (C=O) groups is 2. The average molecular weight is 438 g/mol. The van der Waals surface area contributed by atoms with Crippen LogP contribution in [0.3, 0.4) is 0 Å². The normalized spacial score (nSPS) is 17.6. The van der Waals surface area contributed by atoms with E-state index in [1.165, 1.54) is 0 Å². The van der Waals surface area contributed by atoms with E-state index in [4.69, 9.17) is 9.47 Å². The third-order valence-electron chi connectivity index (χ3n) is 6.14. The predicted molar refractivity (Wildman–Crippen MR) is 125 cm³/mol. The third-order valence-corrected chi connectivity index (χ3v) is 6.14. The number of carbonyl (C=O) groups excluding carboxylic acids is 2. The lowest BCUT2D eigenvalue weighted by molar-refractivity contribution is -0.133. The molecular formula is C25H31N3O4. The molecule has 2 heterocycles. The molecule has 0 aromatic heterocycles. The molecule has 0 bridgehead atoms. The van der Waals surface area contributed by atoms with E-state index < -0.39 is 5.60 Å². The zero-order chi connectivity index (χ0) is 22.9. The van der Waals surface area contributed by atoms with Crippen LogP contribution in [0, 0.1) is 6.92 Å². The van der Waals surface area contributed by atoms with E-state index in [1.807, 2.05) is 54.3 Å². The van der Waals surface area contributed by atoms with Crippen molar-refractivity contribution in [3.63, 3.8) is 0 Å². The first-order valence-corrected chi connectivity index (χ1v) is 11.1. The van der Waals surface area contributed by atoms with Crippen molar-refractivity contribution in [2.24, 2.45) is 0 Å². The van der Waals surface area contributed by atoms with E-state index in [0.717, 1.165) is 35.8 Å². The molecule has 2 amide bonds. The number of methoxy groups -OCH3 is 1. The van der Waals surface area contributed by atoms with Crippen LogP contribution in [0.1, 0.15) is 25.8 Å². The van der Waals surface area contributed by atoms with Gasteiger partial charge in [0, 0.05) is 39.1 Å². The molecule has 7 heteroatoms. The molecule has 0 spiro atoms. The van der Waals surface area contributed by atoms with Crippen molar-refractivity contribution in [3.8, 4) is 11.5 Å². The number of anilines is 2. The van der Waals surface area contributed by atoms with E-state index in [1.54, 1.807) is 25.9 Å². The van der Waals surface area contributed by atoms with E-state index in [9.17, 15) is 9.59 Å². The Kier molecular flexibility index (Phi) is 6.00. The average Bonchev–Trinajstić information content (AvgIpc) is 2.79. The topological polar surface area (TPSA) is 62.3 Å². The number of rotatable bonds is 5. The highest BCUT2D eigenvalue weighted by atomic mass is 16.5. The first-order valence-electron chi connectivity index (χ1n) is 11.1. The summed E-state index contributed by atoms with van der Waals surface area (Å²) in [5.74, 6) is 1.47. The number of benzene rings is 2. The van der Waals surface area contributed by atoms with Gasteiger partial charge in [0.1, 0.15) is 11.5 Å². The molecule has 0 atom stereocenters. The first kappa shape index (κ1) is 22.0. The summed E-state index contributed by atoms with van der Waals surface area (Å²) in [6.45, 7) is 8.65. The lowest BCUT2D eigenvalue weighted by Crippen LogP contribution is -2.54. The molecule has 1 saturated heterocycles. The van der Waals surface area contributed by atoms with E-state index >= 15 is 0 Å². The fourth-order valence-electron chi connectivity index (χ4n) is 4.35. The molecule has 1 fully saturated rings. The van der Waals surface area contributed by atoms with E-state index in [0.29, 0.717) is 25.4 Å². The Morgan fingerprint density at radius 3 is 2.50 bits per heavy atom. The molecule has 32 heavy (non-hydrogen) atoms. The highest BCUT2D eigenvalue weighted by Gasteiger charge is 2.41. The molecule has 0 saturated carbocycles. The van der Waals surface area contributed by atoms with Gasteiger partial charge in [-0.1, -0.05) is 18.2 Å². The Labute approximate surface area is 189 Å². The number of amides is 2.